The predicted molar refractivity (Wildman–Crippen MR) is 224 cm³/mol. The van der Waals surface area contributed by atoms with Crippen molar-refractivity contribution in [2.24, 2.45) is 11.5 Å². The number of sulfone groups is 1. The minimum atomic E-state index is -4.27. The fourth-order valence-corrected chi connectivity index (χ4v) is 7.65. The van der Waals surface area contributed by atoms with Gasteiger partial charge in [-0.2, -0.15) is 0 Å². The highest BCUT2D eigenvalue weighted by molar-refractivity contribution is 7.92. The first-order valence-electron chi connectivity index (χ1n) is 17.4. The second kappa shape index (κ2) is 21.3. The molecule has 0 aromatic heterocycles. The minimum Gasteiger partial charge on any atom is -0.496 e. The molecule has 1 amide bonds. The van der Waals surface area contributed by atoms with Crippen LogP contribution in [-0.2, 0) is 14.6 Å². The van der Waals surface area contributed by atoms with Crippen LogP contribution in [-0.4, -0.2) is 89.0 Å². The van der Waals surface area contributed by atoms with Crippen molar-refractivity contribution < 1.29 is 56.2 Å². The molecule has 0 aliphatic rings. The lowest BCUT2D eigenvalue weighted by Gasteiger charge is -2.23. The Morgan fingerprint density at radius 2 is 0.914 bits per heavy atom. The zero-order valence-corrected chi connectivity index (χ0v) is 34.5. The zero-order chi connectivity index (χ0) is 43.2. The average molecular weight is 825 g/mol. The Morgan fingerprint density at radius 1 is 0.586 bits per heavy atom. The number of aliphatic hydroxyl groups excluding tert-OH is 1. The van der Waals surface area contributed by atoms with Gasteiger partial charge in [0, 0.05) is 24.3 Å². The van der Waals surface area contributed by atoms with Gasteiger partial charge >= 0.3 is 0 Å². The van der Waals surface area contributed by atoms with Gasteiger partial charge in [0.05, 0.1) is 86.0 Å². The topological polar surface area (TPSA) is 249 Å². The summed E-state index contributed by atoms with van der Waals surface area (Å²) in [5, 5.41) is 5.55. The van der Waals surface area contributed by atoms with E-state index in [4.69, 9.17) is 60.2 Å². The van der Waals surface area contributed by atoms with Crippen LogP contribution in [0.4, 0.5) is 11.4 Å². The van der Waals surface area contributed by atoms with Crippen molar-refractivity contribution in [2.45, 2.75) is 16.5 Å². The molecule has 17 heteroatoms. The maximum absolute atomic E-state index is 15.2. The summed E-state index contributed by atoms with van der Waals surface area (Å²) in [7, 11) is 7.76. The van der Waals surface area contributed by atoms with Gasteiger partial charge in [0.2, 0.25) is 5.91 Å². The lowest BCUT2D eigenvalue weighted by Crippen LogP contribution is -2.39. The monoisotopic (exact) mass is 824 g/mol. The van der Waals surface area contributed by atoms with Gasteiger partial charge in [-0.3, -0.25) is 4.79 Å². The highest BCUT2D eigenvalue weighted by Crippen LogP contribution is 2.43. The SMILES string of the molecule is COc1cc(OC)c(/C=C/C(c2ccc(OC)c(N)c2)S(=O)(=O)C(/C=C/c2c(OC)cc(OC)cc2OC)c2ccc(OC)c(N)c2)c(OC)c1.NC(=O)[C@@H](N)CO. The normalized spacial score (nSPS) is 12.8. The first-order valence-corrected chi connectivity index (χ1v) is 19.0. The molecule has 0 spiro atoms. The number of nitrogens with two attached hydrogens (primary N) is 4. The van der Waals surface area contributed by atoms with Gasteiger partial charge in [0.25, 0.3) is 0 Å². The molecule has 0 saturated carbocycles. The summed E-state index contributed by atoms with van der Waals surface area (Å²) in [6.45, 7) is -0.380. The average Bonchev–Trinajstić information content (AvgIpc) is 3.23. The van der Waals surface area contributed by atoms with Crippen LogP contribution in [0.5, 0.6) is 46.0 Å². The fourth-order valence-electron chi connectivity index (χ4n) is 5.69. The predicted octanol–water partition coefficient (Wildman–Crippen LogP) is 4.34. The number of ether oxygens (including phenoxy) is 8. The molecule has 0 bridgehead atoms. The van der Waals surface area contributed by atoms with Gasteiger partial charge < -0.3 is 65.9 Å². The molecule has 58 heavy (non-hydrogen) atoms. The second-order valence-corrected chi connectivity index (χ2v) is 14.4. The number of aliphatic hydroxyl groups is 1. The molecule has 0 fully saturated rings. The molecular weight excluding hydrogens is 773 g/mol. The fraction of sp³-hybridized carbons (Fsp3) is 0.293. The number of nitrogen functional groups attached to an aromatic ring is 2. The van der Waals surface area contributed by atoms with E-state index in [9.17, 15) is 4.79 Å². The van der Waals surface area contributed by atoms with Gasteiger partial charge in [-0.15, -0.1) is 0 Å². The quantitative estimate of drug-likeness (QED) is 0.0876. The number of carbonyl (C=O) groups excluding carboxylic acids is 1. The van der Waals surface area contributed by atoms with Crippen molar-refractivity contribution in [1.82, 2.24) is 0 Å². The molecule has 3 atom stereocenters. The molecule has 0 aliphatic carbocycles. The summed E-state index contributed by atoms with van der Waals surface area (Å²) in [5.74, 6) is 2.75. The van der Waals surface area contributed by atoms with E-state index >= 15 is 8.42 Å². The smallest absolute Gasteiger partial charge is 0.236 e. The first kappa shape index (κ1) is 46.1. The Kier molecular flexibility index (Phi) is 16.9. The first-order chi connectivity index (χ1) is 27.7. The van der Waals surface area contributed by atoms with E-state index in [0.29, 0.717) is 68.2 Å². The summed E-state index contributed by atoms with van der Waals surface area (Å²) < 4.78 is 74.5. The third-order valence-electron chi connectivity index (χ3n) is 8.82. The molecule has 2 unspecified atom stereocenters. The summed E-state index contributed by atoms with van der Waals surface area (Å²) in [4.78, 5) is 9.87. The number of rotatable bonds is 18. The molecule has 314 valence electrons. The number of benzene rings is 4. The molecule has 4 rings (SSSR count). The third kappa shape index (κ3) is 11.0. The summed E-state index contributed by atoms with van der Waals surface area (Å²) >= 11 is 0. The van der Waals surface area contributed by atoms with Crippen LogP contribution in [0.1, 0.15) is 32.8 Å². The van der Waals surface area contributed by atoms with Crippen LogP contribution in [0.25, 0.3) is 12.2 Å². The minimum absolute atomic E-state index is 0.261. The van der Waals surface area contributed by atoms with E-state index in [1.165, 1.54) is 56.9 Å². The molecule has 4 aromatic rings. The number of carbonyl (C=O) groups is 1. The molecule has 16 nitrogen and oxygen atoms in total. The van der Waals surface area contributed by atoms with E-state index in [1.807, 2.05) is 0 Å². The lowest BCUT2D eigenvalue weighted by molar-refractivity contribution is -0.120. The Labute approximate surface area is 338 Å². The Morgan fingerprint density at radius 3 is 1.14 bits per heavy atom. The third-order valence-corrected chi connectivity index (χ3v) is 11.1. The van der Waals surface area contributed by atoms with E-state index in [2.05, 4.69) is 5.73 Å². The van der Waals surface area contributed by atoms with E-state index in [-0.39, 0.29) is 18.0 Å². The van der Waals surface area contributed by atoms with E-state index in [0.717, 1.165) is 0 Å². The van der Waals surface area contributed by atoms with Crippen molar-refractivity contribution in [1.29, 1.82) is 0 Å². The molecule has 0 heterocycles. The van der Waals surface area contributed by atoms with Crippen molar-refractivity contribution in [3.8, 4) is 46.0 Å². The number of amides is 1. The lowest BCUT2D eigenvalue weighted by atomic mass is 10.1. The van der Waals surface area contributed by atoms with Crippen LogP contribution >= 0.6 is 0 Å². The largest absolute Gasteiger partial charge is 0.496 e. The van der Waals surface area contributed by atoms with Gasteiger partial charge in [-0.25, -0.2) is 8.42 Å². The maximum atomic E-state index is 15.2. The van der Waals surface area contributed by atoms with Gasteiger partial charge in [0.15, 0.2) is 9.84 Å². The highest BCUT2D eigenvalue weighted by atomic mass is 32.2. The zero-order valence-electron chi connectivity index (χ0n) is 33.7. The number of methoxy groups -OCH3 is 8. The summed E-state index contributed by atoms with van der Waals surface area (Å²) in [6.07, 6.45) is 6.40. The van der Waals surface area contributed by atoms with Gasteiger partial charge in [-0.1, -0.05) is 24.3 Å². The maximum Gasteiger partial charge on any atom is 0.236 e. The number of hydrogen-bond donors (Lipinski definition) is 5. The Balaban J connectivity index is 0.00000117. The molecule has 0 aliphatic heterocycles. The van der Waals surface area contributed by atoms with E-state index in [1.54, 1.807) is 85.0 Å². The summed E-state index contributed by atoms with van der Waals surface area (Å²) in [6, 6.07) is 15.5. The van der Waals surface area contributed by atoms with Crippen LogP contribution < -0.4 is 60.8 Å². The number of hydrogen-bond acceptors (Lipinski definition) is 15. The van der Waals surface area contributed by atoms with Crippen molar-refractivity contribution in [3.05, 3.63) is 95.1 Å². The Bertz CT molecular complexity index is 2010. The number of anilines is 2. The number of primary amides is 1. The van der Waals surface area contributed by atoms with Gasteiger partial charge in [-0.05, 0) is 47.5 Å². The molecular formula is C41H52N4O12S. The van der Waals surface area contributed by atoms with Crippen molar-refractivity contribution >= 4 is 39.3 Å². The van der Waals surface area contributed by atoms with Crippen molar-refractivity contribution in [3.63, 3.8) is 0 Å². The molecule has 0 saturated heterocycles. The molecule has 0 radical (unpaired) electrons. The van der Waals surface area contributed by atoms with Crippen LogP contribution in [0.15, 0.2) is 72.8 Å². The van der Waals surface area contributed by atoms with Crippen molar-refractivity contribution in [2.75, 3.05) is 75.0 Å². The highest BCUT2D eigenvalue weighted by Gasteiger charge is 2.35. The summed E-state index contributed by atoms with van der Waals surface area (Å²) in [5.41, 5.74) is 24.4. The van der Waals surface area contributed by atoms with Crippen LogP contribution in [0, 0.1) is 0 Å². The van der Waals surface area contributed by atoms with Crippen LogP contribution in [0.2, 0.25) is 0 Å². The second-order valence-electron chi connectivity index (χ2n) is 12.2. The molecule has 9 N–H and O–H groups in total. The standard InChI is InChI=1S/C38H44N2O10S.C3H8N2O2/c1-43-25-19-33(47-5)27(34(20-25)48-6)11-15-37(23-9-13-31(45-3)29(39)17-23)51(41,42)38(24-10-14-32(46-4)30(40)18-24)16-12-28-35(49-7)21-26(44-2)22-36(28)50-8;4-2(1-6)3(5)7/h9-22,37-38H,39-40H2,1-8H3;2,6H,1,4H2,(H2,5,7)/b15-11+,16-12+;/t;2-/m.0/s1. The van der Waals surface area contributed by atoms with Gasteiger partial charge in [0.1, 0.15) is 62.5 Å². The molecule has 4 aromatic carbocycles. The Hall–Kier alpha value is -6.30. The van der Waals surface area contributed by atoms with E-state index < -0.39 is 32.3 Å². The van der Waals surface area contributed by atoms with Crippen LogP contribution in [0.3, 0.4) is 0 Å².